The molecule has 1 N–H and O–H groups in total. The van der Waals surface area contributed by atoms with E-state index in [4.69, 9.17) is 9.84 Å². The maximum absolute atomic E-state index is 10.8. The molecular weight excluding hydrogens is 192 g/mol. The fourth-order valence-electron chi connectivity index (χ4n) is 1.17. The third kappa shape index (κ3) is 8.43. The number of unbranched alkanes of at least 4 members (excludes halogenated alkanes) is 1. The maximum atomic E-state index is 10.8. The Morgan fingerprint density at radius 1 is 1.40 bits per heavy atom. The molecule has 1 atom stereocenters. The van der Waals surface area contributed by atoms with Crippen LogP contribution in [0.4, 0.5) is 0 Å². The Labute approximate surface area is 92.8 Å². The molecule has 0 aliphatic heterocycles. The fraction of sp³-hybridized carbons (Fsp3) is 0.917. The molecule has 0 aliphatic rings. The summed E-state index contributed by atoms with van der Waals surface area (Å²) in [7, 11) is 0. The second-order valence-electron chi connectivity index (χ2n) is 5.15. The Hall–Kier alpha value is -0.570. The predicted molar refractivity (Wildman–Crippen MR) is 61.0 cm³/mol. The van der Waals surface area contributed by atoms with Crippen LogP contribution in [0.2, 0.25) is 0 Å². The Morgan fingerprint density at radius 2 is 2.00 bits per heavy atom. The lowest BCUT2D eigenvalue weighted by Gasteiger charge is -2.20. The van der Waals surface area contributed by atoms with E-state index in [9.17, 15) is 4.79 Å². The van der Waals surface area contributed by atoms with Crippen molar-refractivity contribution in [3.63, 3.8) is 0 Å². The van der Waals surface area contributed by atoms with E-state index in [0.717, 1.165) is 19.3 Å². The van der Waals surface area contributed by atoms with Gasteiger partial charge in [-0.2, -0.15) is 0 Å². The van der Waals surface area contributed by atoms with Crippen molar-refractivity contribution < 1.29 is 14.6 Å². The van der Waals surface area contributed by atoms with E-state index in [1.807, 2.05) is 6.92 Å². The van der Waals surface area contributed by atoms with E-state index in [1.54, 1.807) is 0 Å². The van der Waals surface area contributed by atoms with Crippen LogP contribution in [0.15, 0.2) is 0 Å². The average Bonchev–Trinajstić information content (AvgIpc) is 2.08. The first-order chi connectivity index (χ1) is 6.87. The molecule has 0 fully saturated rings. The van der Waals surface area contributed by atoms with Crippen molar-refractivity contribution >= 4 is 5.97 Å². The van der Waals surface area contributed by atoms with Gasteiger partial charge < -0.3 is 9.84 Å². The van der Waals surface area contributed by atoms with Crippen LogP contribution < -0.4 is 0 Å². The van der Waals surface area contributed by atoms with Gasteiger partial charge in [0.15, 0.2) is 6.10 Å². The van der Waals surface area contributed by atoms with Gasteiger partial charge in [-0.3, -0.25) is 0 Å². The lowest BCUT2D eigenvalue weighted by molar-refractivity contribution is -0.151. The van der Waals surface area contributed by atoms with E-state index in [2.05, 4.69) is 20.8 Å². The third-order valence-corrected chi connectivity index (χ3v) is 2.27. The number of carbonyl (C=O) groups is 1. The monoisotopic (exact) mass is 216 g/mol. The first-order valence-corrected chi connectivity index (χ1v) is 5.71. The first-order valence-electron chi connectivity index (χ1n) is 5.71. The van der Waals surface area contributed by atoms with Gasteiger partial charge in [0.25, 0.3) is 0 Å². The second kappa shape index (κ2) is 6.83. The molecule has 0 saturated heterocycles. The Bertz CT molecular complexity index is 182. The van der Waals surface area contributed by atoms with E-state index in [1.165, 1.54) is 0 Å². The van der Waals surface area contributed by atoms with Crippen molar-refractivity contribution in [1.82, 2.24) is 0 Å². The number of rotatable bonds is 7. The minimum absolute atomic E-state index is 0.202. The molecule has 3 heteroatoms. The van der Waals surface area contributed by atoms with Gasteiger partial charge in [0.2, 0.25) is 0 Å². The predicted octanol–water partition coefficient (Wildman–Crippen LogP) is 3.08. The summed E-state index contributed by atoms with van der Waals surface area (Å²) in [6.45, 7) is 8.95. The molecule has 0 amide bonds. The fourth-order valence-corrected chi connectivity index (χ4v) is 1.17. The molecule has 1 unspecified atom stereocenters. The van der Waals surface area contributed by atoms with Crippen LogP contribution in [0.1, 0.15) is 53.4 Å². The van der Waals surface area contributed by atoms with E-state index in [0.29, 0.717) is 13.0 Å². The number of aliphatic carboxylic acids is 1. The molecule has 15 heavy (non-hydrogen) atoms. The molecule has 90 valence electrons. The summed E-state index contributed by atoms with van der Waals surface area (Å²) in [6.07, 6.45) is 2.81. The summed E-state index contributed by atoms with van der Waals surface area (Å²) in [5.74, 6) is -0.836. The second-order valence-corrected chi connectivity index (χ2v) is 5.15. The lowest BCUT2D eigenvalue weighted by atomic mass is 9.93. The van der Waals surface area contributed by atoms with Gasteiger partial charge in [0.05, 0.1) is 0 Å². The van der Waals surface area contributed by atoms with Crippen molar-refractivity contribution in [2.24, 2.45) is 5.41 Å². The van der Waals surface area contributed by atoms with Crippen molar-refractivity contribution in [3.05, 3.63) is 0 Å². The topological polar surface area (TPSA) is 46.5 Å². The van der Waals surface area contributed by atoms with Crippen molar-refractivity contribution in [1.29, 1.82) is 0 Å². The molecule has 0 aromatic rings. The smallest absolute Gasteiger partial charge is 0.332 e. The normalized spacial score (nSPS) is 13.9. The van der Waals surface area contributed by atoms with Gasteiger partial charge in [0, 0.05) is 6.61 Å². The van der Waals surface area contributed by atoms with E-state index < -0.39 is 12.1 Å². The molecule has 0 rings (SSSR count). The Balaban J connectivity index is 3.81. The van der Waals surface area contributed by atoms with Crippen LogP contribution in [0.25, 0.3) is 0 Å². The minimum atomic E-state index is -0.836. The summed E-state index contributed by atoms with van der Waals surface area (Å²) in [6, 6.07) is 0. The van der Waals surface area contributed by atoms with Gasteiger partial charge in [0.1, 0.15) is 0 Å². The van der Waals surface area contributed by atoms with Gasteiger partial charge in [-0.25, -0.2) is 4.79 Å². The zero-order valence-electron chi connectivity index (χ0n) is 10.4. The average molecular weight is 216 g/mol. The zero-order valence-corrected chi connectivity index (χ0v) is 10.4. The Morgan fingerprint density at radius 3 is 2.40 bits per heavy atom. The van der Waals surface area contributed by atoms with Crippen LogP contribution in [0.3, 0.4) is 0 Å². The van der Waals surface area contributed by atoms with E-state index in [-0.39, 0.29) is 5.41 Å². The molecule has 0 aromatic heterocycles. The van der Waals surface area contributed by atoms with Crippen molar-refractivity contribution in [2.75, 3.05) is 6.61 Å². The number of hydrogen-bond acceptors (Lipinski definition) is 2. The summed E-state index contributed by atoms with van der Waals surface area (Å²) in [5.41, 5.74) is 0.202. The van der Waals surface area contributed by atoms with Crippen LogP contribution in [-0.4, -0.2) is 23.8 Å². The summed E-state index contributed by atoms with van der Waals surface area (Å²) >= 11 is 0. The number of hydrogen-bond donors (Lipinski definition) is 1. The summed E-state index contributed by atoms with van der Waals surface area (Å²) < 4.78 is 5.38. The molecule has 0 saturated carbocycles. The van der Waals surface area contributed by atoms with Crippen LogP contribution in [0.5, 0.6) is 0 Å². The highest BCUT2D eigenvalue weighted by atomic mass is 16.5. The van der Waals surface area contributed by atoms with E-state index >= 15 is 0 Å². The van der Waals surface area contributed by atoms with Crippen LogP contribution >= 0.6 is 0 Å². The molecule has 0 bridgehead atoms. The lowest BCUT2D eigenvalue weighted by Crippen LogP contribution is -2.25. The molecule has 0 aliphatic carbocycles. The third-order valence-electron chi connectivity index (χ3n) is 2.27. The standard InChI is InChI=1S/C12H24O3/c1-5-6-7-10(11(13)14)15-9-8-12(2,3)4/h10H,5-9H2,1-4H3,(H,13,14). The van der Waals surface area contributed by atoms with Crippen molar-refractivity contribution in [2.45, 2.75) is 59.5 Å². The van der Waals surface area contributed by atoms with Crippen molar-refractivity contribution in [3.8, 4) is 0 Å². The molecule has 0 spiro atoms. The minimum Gasteiger partial charge on any atom is -0.479 e. The zero-order chi connectivity index (χ0) is 11.9. The molecular formula is C12H24O3. The highest BCUT2D eigenvalue weighted by Crippen LogP contribution is 2.19. The summed E-state index contributed by atoms with van der Waals surface area (Å²) in [4.78, 5) is 10.8. The maximum Gasteiger partial charge on any atom is 0.332 e. The summed E-state index contributed by atoms with van der Waals surface area (Å²) in [5, 5.41) is 8.90. The molecule has 0 heterocycles. The van der Waals surface area contributed by atoms with Gasteiger partial charge in [-0.15, -0.1) is 0 Å². The number of carboxylic acid groups (broad SMARTS) is 1. The quantitative estimate of drug-likeness (QED) is 0.711. The van der Waals surface area contributed by atoms with Gasteiger partial charge >= 0.3 is 5.97 Å². The molecule has 3 nitrogen and oxygen atoms in total. The van der Waals surface area contributed by atoms with Crippen LogP contribution in [-0.2, 0) is 9.53 Å². The molecule has 0 aromatic carbocycles. The largest absolute Gasteiger partial charge is 0.479 e. The SMILES string of the molecule is CCCCC(OCCC(C)(C)C)C(=O)O. The number of ether oxygens (including phenoxy) is 1. The highest BCUT2D eigenvalue weighted by Gasteiger charge is 2.18. The highest BCUT2D eigenvalue weighted by molar-refractivity contribution is 5.72. The first kappa shape index (κ1) is 14.4. The van der Waals surface area contributed by atoms with Gasteiger partial charge in [-0.1, -0.05) is 40.5 Å². The van der Waals surface area contributed by atoms with Gasteiger partial charge in [-0.05, 0) is 18.3 Å². The molecule has 0 radical (unpaired) electrons. The van der Waals surface area contributed by atoms with Crippen LogP contribution in [0, 0.1) is 5.41 Å². The Kier molecular flexibility index (Phi) is 6.57. The number of carboxylic acids is 1.